The van der Waals surface area contributed by atoms with Crippen molar-refractivity contribution in [2.45, 2.75) is 39.0 Å². The van der Waals surface area contributed by atoms with Crippen LogP contribution in [0, 0.1) is 5.92 Å². The van der Waals surface area contributed by atoms with Crippen LogP contribution in [0.25, 0.3) is 10.2 Å². The third-order valence-electron chi connectivity index (χ3n) is 7.48. The van der Waals surface area contributed by atoms with Crippen molar-refractivity contribution in [3.8, 4) is 17.2 Å². The number of amides is 2. The number of hydrogen-bond donors (Lipinski definition) is 1. The second-order valence-corrected chi connectivity index (χ2v) is 12.3. The van der Waals surface area contributed by atoms with Gasteiger partial charge in [0.05, 0.1) is 37.3 Å². The van der Waals surface area contributed by atoms with E-state index in [0.717, 1.165) is 21.6 Å². The maximum Gasteiger partial charge on any atom is 0.254 e. The number of ether oxygens (including phenoxy) is 3. The van der Waals surface area contributed by atoms with Crippen molar-refractivity contribution in [3.05, 3.63) is 71.4 Å². The van der Waals surface area contributed by atoms with E-state index in [-0.39, 0.29) is 30.5 Å². The first-order chi connectivity index (χ1) is 20.8. The topological polar surface area (TPSA) is 106 Å². The Bertz CT molecular complexity index is 1620. The highest BCUT2D eigenvalue weighted by Gasteiger charge is 2.33. The monoisotopic (exact) mass is 601 g/mol. The fraction of sp³-hybridized carbons (Fsp3) is 0.375. The van der Waals surface area contributed by atoms with Gasteiger partial charge in [-0.25, -0.2) is 9.97 Å². The summed E-state index contributed by atoms with van der Waals surface area (Å²) < 4.78 is 18.7. The number of nitrogens with one attached hydrogen (secondary N) is 1. The molecule has 0 unspecified atom stereocenters. The zero-order valence-electron chi connectivity index (χ0n) is 24.5. The lowest BCUT2D eigenvalue weighted by atomic mass is 10.0. The lowest BCUT2D eigenvalue weighted by Crippen LogP contribution is -2.56. The first-order valence-corrected chi connectivity index (χ1v) is 15.3. The van der Waals surface area contributed by atoms with Crippen molar-refractivity contribution in [1.29, 1.82) is 0 Å². The number of benzene rings is 2. The zero-order valence-corrected chi connectivity index (χ0v) is 25.3. The van der Waals surface area contributed by atoms with Crippen molar-refractivity contribution >= 4 is 39.2 Å². The Morgan fingerprint density at radius 3 is 2.86 bits per heavy atom. The van der Waals surface area contributed by atoms with Gasteiger partial charge in [0, 0.05) is 31.8 Å². The average molecular weight is 602 g/mol. The highest BCUT2D eigenvalue weighted by molar-refractivity contribution is 7.16. The molecule has 2 aromatic heterocycles. The second kappa shape index (κ2) is 12.6. The van der Waals surface area contributed by atoms with Crippen LogP contribution in [0.4, 0.5) is 5.82 Å². The van der Waals surface area contributed by atoms with Crippen LogP contribution in [0.5, 0.6) is 17.2 Å². The van der Waals surface area contributed by atoms with E-state index >= 15 is 0 Å². The van der Waals surface area contributed by atoms with Crippen LogP contribution in [-0.4, -0.2) is 72.1 Å². The van der Waals surface area contributed by atoms with E-state index in [9.17, 15) is 9.59 Å². The number of aromatic nitrogens is 2. The number of piperidine rings is 1. The molecule has 2 atom stereocenters. The first kappa shape index (κ1) is 28.9. The largest absolute Gasteiger partial charge is 0.493 e. The Labute approximate surface area is 254 Å². The van der Waals surface area contributed by atoms with Gasteiger partial charge in [0.1, 0.15) is 34.2 Å². The number of carbonyl (C=O) groups is 2. The molecule has 0 radical (unpaired) electrons. The highest BCUT2D eigenvalue weighted by Crippen LogP contribution is 2.31. The number of hydrogen-bond acceptors (Lipinski definition) is 9. The van der Waals surface area contributed by atoms with Gasteiger partial charge in [-0.3, -0.25) is 9.59 Å². The molecule has 0 aliphatic carbocycles. The van der Waals surface area contributed by atoms with Crippen LogP contribution in [0.3, 0.4) is 0 Å². The maximum atomic E-state index is 13.5. The minimum Gasteiger partial charge on any atom is -0.493 e. The lowest BCUT2D eigenvalue weighted by Gasteiger charge is -2.39. The van der Waals surface area contributed by atoms with E-state index in [1.54, 1.807) is 42.9 Å². The number of likely N-dealkylation sites (N-methyl/N-ethyl adjacent to an activating group) is 1. The zero-order chi connectivity index (χ0) is 29.9. The SMILES string of the molecule is CC(C)COc1cc2cc(c1)C(=O)N(C)CC(=O)N[C@H]1CCN(c3ncnc4sccc34)C[C@@H]1OCc1cccc(c1)O2. The van der Waals surface area contributed by atoms with Gasteiger partial charge in [-0.05, 0) is 53.6 Å². The smallest absolute Gasteiger partial charge is 0.254 e. The number of carbonyl (C=O) groups excluding carboxylic acids is 2. The van der Waals surface area contributed by atoms with Crippen LogP contribution >= 0.6 is 11.3 Å². The highest BCUT2D eigenvalue weighted by atomic mass is 32.1. The Balaban J connectivity index is 1.29. The summed E-state index contributed by atoms with van der Waals surface area (Å²) in [6.07, 6.45) is 1.94. The quantitative estimate of drug-likeness (QED) is 0.353. The van der Waals surface area contributed by atoms with Crippen molar-refractivity contribution in [1.82, 2.24) is 20.2 Å². The molecule has 4 aromatic rings. The predicted molar refractivity (Wildman–Crippen MR) is 165 cm³/mol. The van der Waals surface area contributed by atoms with E-state index in [4.69, 9.17) is 14.2 Å². The fourth-order valence-electron chi connectivity index (χ4n) is 5.37. The van der Waals surface area contributed by atoms with Crippen molar-refractivity contribution in [2.24, 2.45) is 5.92 Å². The molecule has 1 N–H and O–H groups in total. The maximum absolute atomic E-state index is 13.5. The minimum atomic E-state index is -0.312. The van der Waals surface area contributed by atoms with Crippen LogP contribution in [0.15, 0.2) is 60.2 Å². The Morgan fingerprint density at radius 1 is 1.12 bits per heavy atom. The number of thiophene rings is 1. The molecule has 0 saturated carbocycles. The van der Waals surface area contributed by atoms with Crippen LogP contribution in [0.1, 0.15) is 36.2 Å². The van der Waals surface area contributed by atoms with Crippen molar-refractivity contribution in [2.75, 3.05) is 38.2 Å². The molecule has 224 valence electrons. The predicted octanol–water partition coefficient (Wildman–Crippen LogP) is 4.88. The molecule has 4 bridgehead atoms. The fourth-order valence-corrected chi connectivity index (χ4v) is 6.10. The summed E-state index contributed by atoms with van der Waals surface area (Å²) in [5.74, 6) is 2.25. The van der Waals surface area contributed by atoms with Crippen molar-refractivity contribution in [3.63, 3.8) is 0 Å². The van der Waals surface area contributed by atoms with E-state index < -0.39 is 0 Å². The van der Waals surface area contributed by atoms with Gasteiger partial charge in [-0.1, -0.05) is 26.0 Å². The molecule has 2 aliphatic rings. The summed E-state index contributed by atoms with van der Waals surface area (Å²) in [6, 6.07) is 14.6. The van der Waals surface area contributed by atoms with Gasteiger partial charge in [0.2, 0.25) is 5.91 Å². The summed E-state index contributed by atoms with van der Waals surface area (Å²) >= 11 is 1.58. The normalized spacial score (nSPS) is 19.6. The molecule has 1 fully saturated rings. The number of fused-ring (bicyclic) bond motifs is 6. The Kier molecular flexibility index (Phi) is 8.44. The number of rotatable bonds is 4. The molecular weight excluding hydrogens is 566 g/mol. The molecule has 1 saturated heterocycles. The first-order valence-electron chi connectivity index (χ1n) is 14.5. The van der Waals surface area contributed by atoms with Crippen LogP contribution in [0.2, 0.25) is 0 Å². The van der Waals surface area contributed by atoms with Crippen molar-refractivity contribution < 1.29 is 23.8 Å². The molecular formula is C32H35N5O5S. The number of nitrogens with zero attached hydrogens (tertiary/aromatic N) is 4. The third kappa shape index (κ3) is 6.73. The molecule has 11 heteroatoms. The molecule has 6 rings (SSSR count). The summed E-state index contributed by atoms with van der Waals surface area (Å²) in [4.78, 5) is 40.2. The van der Waals surface area contributed by atoms with Gasteiger partial charge < -0.3 is 29.3 Å². The average Bonchev–Trinajstić information content (AvgIpc) is 3.48. The molecule has 10 nitrogen and oxygen atoms in total. The third-order valence-corrected chi connectivity index (χ3v) is 8.30. The molecule has 4 heterocycles. The van der Waals surface area contributed by atoms with Crippen LogP contribution < -0.4 is 19.7 Å². The summed E-state index contributed by atoms with van der Waals surface area (Å²) in [6.45, 7) is 6.09. The molecule has 0 spiro atoms. The molecule has 2 aliphatic heterocycles. The summed E-state index contributed by atoms with van der Waals surface area (Å²) in [5.41, 5.74) is 1.31. The summed E-state index contributed by atoms with van der Waals surface area (Å²) in [5, 5.41) is 6.17. The second-order valence-electron chi connectivity index (χ2n) is 11.4. The van der Waals surface area contributed by atoms with Gasteiger partial charge in [-0.2, -0.15) is 0 Å². The van der Waals surface area contributed by atoms with Gasteiger partial charge in [0.15, 0.2) is 0 Å². The summed E-state index contributed by atoms with van der Waals surface area (Å²) in [7, 11) is 1.62. The van der Waals surface area contributed by atoms with Gasteiger partial charge in [-0.15, -0.1) is 11.3 Å². The van der Waals surface area contributed by atoms with Gasteiger partial charge >= 0.3 is 0 Å². The van der Waals surface area contributed by atoms with Crippen LogP contribution in [-0.2, 0) is 16.1 Å². The Hall–Kier alpha value is -4.22. The molecule has 2 amide bonds. The van der Waals surface area contributed by atoms with E-state index in [2.05, 4.69) is 34.0 Å². The van der Waals surface area contributed by atoms with E-state index in [1.807, 2.05) is 35.7 Å². The number of anilines is 1. The standard InChI is InChI=1S/C32H35N5O5S/c1-20(2)17-40-24-12-22-13-25(14-24)42-23-6-4-5-21(11-23)18-41-28-15-37(30-26-8-10-43-31(26)34-19-33-30)9-7-27(28)35-29(38)16-36(3)32(22)39/h4-6,8,10-14,19-20,27-28H,7,9,15-18H2,1-3H3,(H,35,38)/t27-,28-/m0/s1. The minimum absolute atomic E-state index is 0.0977. The molecule has 2 aromatic carbocycles. The van der Waals surface area contributed by atoms with E-state index in [0.29, 0.717) is 61.5 Å². The Morgan fingerprint density at radius 2 is 2.00 bits per heavy atom. The van der Waals surface area contributed by atoms with E-state index in [1.165, 1.54) is 4.90 Å². The lowest BCUT2D eigenvalue weighted by molar-refractivity contribution is -0.123. The molecule has 43 heavy (non-hydrogen) atoms. The van der Waals surface area contributed by atoms with Gasteiger partial charge in [0.25, 0.3) is 5.91 Å².